The van der Waals surface area contributed by atoms with Gasteiger partial charge in [-0.15, -0.1) is 0 Å². The Morgan fingerprint density at radius 1 is 1.23 bits per heavy atom. The summed E-state index contributed by atoms with van der Waals surface area (Å²) in [6, 6.07) is 7.01. The summed E-state index contributed by atoms with van der Waals surface area (Å²) >= 11 is 1.59. The van der Waals surface area contributed by atoms with Crippen molar-refractivity contribution in [3.05, 3.63) is 29.8 Å². The molecule has 0 saturated carbocycles. The molecule has 122 valence electrons. The lowest BCUT2D eigenvalue weighted by Crippen LogP contribution is -2.26. The van der Waals surface area contributed by atoms with Crippen molar-refractivity contribution in [2.45, 2.75) is 20.3 Å². The molecule has 0 unspecified atom stereocenters. The summed E-state index contributed by atoms with van der Waals surface area (Å²) in [6.45, 7) is 7.26. The predicted molar refractivity (Wildman–Crippen MR) is 91.5 cm³/mol. The van der Waals surface area contributed by atoms with Crippen LogP contribution in [0.4, 0.5) is 5.69 Å². The van der Waals surface area contributed by atoms with Crippen LogP contribution in [0.1, 0.15) is 19.4 Å². The molecule has 0 atom stereocenters. The smallest absolute Gasteiger partial charge is 0.307 e. The molecule has 0 heterocycles. The third-order valence-corrected chi connectivity index (χ3v) is 4.25. The maximum Gasteiger partial charge on any atom is 0.307 e. The number of rotatable bonds is 10. The van der Waals surface area contributed by atoms with E-state index < -0.39 is 5.97 Å². The van der Waals surface area contributed by atoms with Gasteiger partial charge in [-0.25, -0.2) is 0 Å². The molecule has 5 nitrogen and oxygen atoms in total. The molecule has 6 heteroatoms. The minimum Gasteiger partial charge on any atom is -0.481 e. The molecule has 0 radical (unpaired) electrons. The molecule has 1 rings (SSSR count). The van der Waals surface area contributed by atoms with Crippen LogP contribution in [0.25, 0.3) is 0 Å². The summed E-state index contributed by atoms with van der Waals surface area (Å²) in [5.41, 5.74) is 1.20. The number of aliphatic carboxylic acids is 1. The zero-order valence-electron chi connectivity index (χ0n) is 13.2. The van der Waals surface area contributed by atoms with Gasteiger partial charge in [-0.2, -0.15) is 11.8 Å². The van der Waals surface area contributed by atoms with E-state index in [0.29, 0.717) is 17.0 Å². The van der Waals surface area contributed by atoms with E-state index in [-0.39, 0.29) is 12.3 Å². The van der Waals surface area contributed by atoms with Crippen LogP contribution in [0.2, 0.25) is 0 Å². The number of benzene rings is 1. The third-order valence-electron chi connectivity index (χ3n) is 3.31. The molecule has 0 fully saturated rings. The van der Waals surface area contributed by atoms with Crippen molar-refractivity contribution < 1.29 is 14.7 Å². The Labute approximate surface area is 136 Å². The van der Waals surface area contributed by atoms with Gasteiger partial charge >= 0.3 is 5.97 Å². The van der Waals surface area contributed by atoms with E-state index in [0.717, 1.165) is 25.4 Å². The van der Waals surface area contributed by atoms with Gasteiger partial charge < -0.3 is 15.3 Å². The first kappa shape index (κ1) is 18.5. The number of hydrogen-bond acceptors (Lipinski definition) is 4. The Bertz CT molecular complexity index is 490. The lowest BCUT2D eigenvalue weighted by atomic mass is 10.1. The second kappa shape index (κ2) is 10.2. The Morgan fingerprint density at radius 3 is 2.55 bits per heavy atom. The zero-order valence-corrected chi connectivity index (χ0v) is 14.0. The van der Waals surface area contributed by atoms with Crippen molar-refractivity contribution in [3.8, 4) is 0 Å². The minimum absolute atomic E-state index is 0.0917. The molecule has 0 aliphatic rings. The van der Waals surface area contributed by atoms with Crippen molar-refractivity contribution >= 4 is 29.3 Å². The van der Waals surface area contributed by atoms with Crippen molar-refractivity contribution in [2.75, 3.05) is 36.5 Å². The number of carboxylic acids is 1. The highest BCUT2D eigenvalue weighted by Crippen LogP contribution is 2.16. The number of carboxylic acid groups (broad SMARTS) is 1. The second-order valence-electron chi connectivity index (χ2n) is 4.86. The number of anilines is 1. The van der Waals surface area contributed by atoms with E-state index in [1.165, 1.54) is 0 Å². The number of amides is 1. The average Bonchev–Trinajstić information content (AvgIpc) is 2.49. The zero-order chi connectivity index (χ0) is 16.4. The first-order chi connectivity index (χ1) is 10.6. The number of thioether (sulfide) groups is 1. The monoisotopic (exact) mass is 324 g/mol. The highest BCUT2D eigenvalue weighted by Gasteiger charge is 2.09. The van der Waals surface area contributed by atoms with Gasteiger partial charge in [-0.3, -0.25) is 9.59 Å². The summed E-state index contributed by atoms with van der Waals surface area (Å²) in [6.07, 6.45) is -0.0917. The maximum atomic E-state index is 11.9. The molecule has 0 aliphatic heterocycles. The summed E-state index contributed by atoms with van der Waals surface area (Å²) in [7, 11) is 0. The van der Waals surface area contributed by atoms with Gasteiger partial charge in [0.2, 0.25) is 5.91 Å². The first-order valence-corrected chi connectivity index (χ1v) is 8.61. The van der Waals surface area contributed by atoms with Crippen LogP contribution in [0, 0.1) is 0 Å². The number of carbonyl (C=O) groups is 2. The number of hydrogen-bond donors (Lipinski definition) is 2. The fourth-order valence-electron chi connectivity index (χ4n) is 2.04. The SMILES string of the molecule is CCN(CC)CCSCC(=O)Nc1ccccc1CC(=O)O. The number of nitrogens with one attached hydrogen (secondary N) is 1. The number of para-hydroxylation sites is 1. The molecule has 0 spiro atoms. The highest BCUT2D eigenvalue weighted by molar-refractivity contribution is 7.99. The van der Waals surface area contributed by atoms with Crippen LogP contribution in [0.5, 0.6) is 0 Å². The summed E-state index contributed by atoms with van der Waals surface area (Å²) in [5.74, 6) is 0.284. The summed E-state index contributed by atoms with van der Waals surface area (Å²) in [5, 5.41) is 11.7. The largest absolute Gasteiger partial charge is 0.481 e. The maximum absolute atomic E-state index is 11.9. The predicted octanol–water partition coefficient (Wildman–Crippen LogP) is 2.33. The van der Waals surface area contributed by atoms with E-state index in [9.17, 15) is 9.59 Å². The number of nitrogens with zero attached hydrogens (tertiary/aromatic N) is 1. The van der Waals surface area contributed by atoms with E-state index in [1.54, 1.807) is 36.0 Å². The van der Waals surface area contributed by atoms with Gasteiger partial charge in [0.1, 0.15) is 0 Å². The molecule has 0 aliphatic carbocycles. The molecular weight excluding hydrogens is 300 g/mol. The fraction of sp³-hybridized carbons (Fsp3) is 0.500. The van der Waals surface area contributed by atoms with Crippen molar-refractivity contribution in [1.82, 2.24) is 4.90 Å². The minimum atomic E-state index is -0.907. The molecule has 1 amide bonds. The standard InChI is InChI=1S/C16H24N2O3S/c1-3-18(4-2)9-10-22-12-15(19)17-14-8-6-5-7-13(14)11-16(20)21/h5-8H,3-4,9-12H2,1-2H3,(H,17,19)(H,20,21). The van der Waals surface area contributed by atoms with Crippen LogP contribution in [-0.4, -0.2) is 53.0 Å². The molecule has 1 aromatic carbocycles. The van der Waals surface area contributed by atoms with Gasteiger partial charge in [-0.1, -0.05) is 32.0 Å². The Morgan fingerprint density at radius 2 is 1.91 bits per heavy atom. The van der Waals surface area contributed by atoms with Crippen LogP contribution in [0.15, 0.2) is 24.3 Å². The van der Waals surface area contributed by atoms with Gasteiger partial charge in [0.05, 0.1) is 12.2 Å². The average molecular weight is 324 g/mol. The van der Waals surface area contributed by atoms with E-state index in [1.807, 2.05) is 0 Å². The molecule has 0 bridgehead atoms. The molecule has 1 aromatic rings. The topological polar surface area (TPSA) is 69.6 Å². The molecule has 0 saturated heterocycles. The quantitative estimate of drug-likeness (QED) is 0.647. The fourth-order valence-corrected chi connectivity index (χ4v) is 2.83. The summed E-state index contributed by atoms with van der Waals surface area (Å²) < 4.78 is 0. The van der Waals surface area contributed by atoms with Gasteiger partial charge in [0.15, 0.2) is 0 Å². The van der Waals surface area contributed by atoms with Crippen molar-refractivity contribution in [2.24, 2.45) is 0 Å². The van der Waals surface area contributed by atoms with Gasteiger partial charge in [-0.05, 0) is 24.7 Å². The van der Waals surface area contributed by atoms with Gasteiger partial charge in [0, 0.05) is 18.0 Å². The van der Waals surface area contributed by atoms with E-state index in [2.05, 4.69) is 24.1 Å². The Hall–Kier alpha value is -1.53. The van der Waals surface area contributed by atoms with E-state index in [4.69, 9.17) is 5.11 Å². The van der Waals surface area contributed by atoms with Crippen molar-refractivity contribution in [1.29, 1.82) is 0 Å². The Balaban J connectivity index is 2.40. The second-order valence-corrected chi connectivity index (χ2v) is 5.96. The van der Waals surface area contributed by atoms with Crippen molar-refractivity contribution in [3.63, 3.8) is 0 Å². The molecule has 0 aromatic heterocycles. The molecular formula is C16H24N2O3S. The van der Waals surface area contributed by atoms with E-state index >= 15 is 0 Å². The van der Waals surface area contributed by atoms with Crippen LogP contribution >= 0.6 is 11.8 Å². The molecule has 2 N–H and O–H groups in total. The van der Waals surface area contributed by atoms with Gasteiger partial charge in [0.25, 0.3) is 0 Å². The number of carbonyl (C=O) groups excluding carboxylic acids is 1. The third kappa shape index (κ3) is 6.95. The lowest BCUT2D eigenvalue weighted by molar-refractivity contribution is -0.136. The first-order valence-electron chi connectivity index (χ1n) is 7.46. The van der Waals surface area contributed by atoms with Crippen LogP contribution in [-0.2, 0) is 16.0 Å². The lowest BCUT2D eigenvalue weighted by Gasteiger charge is -2.17. The molecule has 22 heavy (non-hydrogen) atoms. The van der Waals surface area contributed by atoms with Crippen LogP contribution < -0.4 is 5.32 Å². The highest BCUT2D eigenvalue weighted by atomic mass is 32.2. The Kier molecular flexibility index (Phi) is 8.62. The summed E-state index contributed by atoms with van der Waals surface area (Å²) in [4.78, 5) is 25.1. The van der Waals surface area contributed by atoms with Crippen LogP contribution in [0.3, 0.4) is 0 Å². The normalized spacial score (nSPS) is 10.7.